The molecule has 1 spiro atoms. The van der Waals surface area contributed by atoms with Gasteiger partial charge >= 0.3 is 0 Å². The van der Waals surface area contributed by atoms with Crippen LogP contribution in [0.25, 0.3) is 0 Å². The zero-order valence-electron chi connectivity index (χ0n) is 19.4. The van der Waals surface area contributed by atoms with Gasteiger partial charge < -0.3 is 14.4 Å². The third kappa shape index (κ3) is 4.06. The molecule has 2 fully saturated rings. The van der Waals surface area contributed by atoms with Gasteiger partial charge in [-0.25, -0.2) is 8.42 Å². The summed E-state index contributed by atoms with van der Waals surface area (Å²) in [7, 11) is -0.475. The average molecular weight is 505 g/mol. The minimum absolute atomic E-state index is 0.00730. The summed E-state index contributed by atoms with van der Waals surface area (Å²) in [5.74, 6) is 0.987. The molecule has 1 aliphatic heterocycles. The first-order chi connectivity index (χ1) is 16.2. The van der Waals surface area contributed by atoms with E-state index in [1.807, 2.05) is 6.07 Å². The molecule has 1 heterocycles. The van der Waals surface area contributed by atoms with Crippen molar-refractivity contribution in [3.05, 3.63) is 46.5 Å². The molecule has 34 heavy (non-hydrogen) atoms. The van der Waals surface area contributed by atoms with Crippen LogP contribution in [-0.4, -0.2) is 52.5 Å². The van der Waals surface area contributed by atoms with Gasteiger partial charge in [-0.1, -0.05) is 18.0 Å². The van der Waals surface area contributed by atoms with E-state index in [4.69, 9.17) is 21.1 Å². The zero-order valence-corrected chi connectivity index (χ0v) is 21.0. The SMILES string of the molecule is COc1cc(Cl)ccc1S(=O)(=O)Nc1cc(OC2CCN(C)CC2)c2c(c1)C1(CCC1)C(=O)C2. The second kappa shape index (κ2) is 8.73. The summed E-state index contributed by atoms with van der Waals surface area (Å²) in [5.41, 5.74) is 1.71. The fourth-order valence-corrected chi connectivity index (χ4v) is 6.69. The van der Waals surface area contributed by atoms with Crippen LogP contribution >= 0.6 is 11.6 Å². The maximum Gasteiger partial charge on any atom is 0.265 e. The lowest BCUT2D eigenvalue weighted by atomic mass is 9.64. The van der Waals surface area contributed by atoms with Crippen molar-refractivity contribution in [2.75, 3.05) is 32.0 Å². The second-order valence-corrected chi connectivity index (χ2v) is 11.6. The fourth-order valence-electron chi connectivity index (χ4n) is 5.33. The summed E-state index contributed by atoms with van der Waals surface area (Å²) in [6.45, 7) is 1.89. The van der Waals surface area contributed by atoms with E-state index in [1.165, 1.54) is 25.3 Å². The van der Waals surface area contributed by atoms with Gasteiger partial charge in [-0.05, 0) is 56.5 Å². The molecule has 5 rings (SSSR count). The predicted octanol–water partition coefficient (Wildman–Crippen LogP) is 4.17. The molecule has 0 amide bonds. The Kier molecular flexibility index (Phi) is 6.02. The normalized spacial score (nSPS) is 20.1. The number of methoxy groups -OCH3 is 1. The molecule has 0 radical (unpaired) electrons. The van der Waals surface area contributed by atoms with Crippen molar-refractivity contribution in [2.45, 2.75) is 54.9 Å². The number of Topliss-reactive ketones (excluding diaryl/α,β-unsaturated/α-hetero) is 1. The van der Waals surface area contributed by atoms with E-state index in [1.54, 1.807) is 6.07 Å². The highest BCUT2D eigenvalue weighted by molar-refractivity contribution is 7.92. The Hall–Kier alpha value is -2.29. The molecule has 0 bridgehead atoms. The van der Waals surface area contributed by atoms with E-state index in [0.29, 0.717) is 22.9 Å². The first-order valence-electron chi connectivity index (χ1n) is 11.6. The van der Waals surface area contributed by atoms with Crippen molar-refractivity contribution in [3.63, 3.8) is 0 Å². The summed E-state index contributed by atoms with van der Waals surface area (Å²) in [6, 6.07) is 7.94. The average Bonchev–Trinajstić information content (AvgIpc) is 3.07. The summed E-state index contributed by atoms with van der Waals surface area (Å²) in [6.07, 6.45) is 4.76. The first-order valence-corrected chi connectivity index (χ1v) is 13.5. The molecule has 9 heteroatoms. The molecule has 0 atom stereocenters. The van der Waals surface area contributed by atoms with E-state index >= 15 is 0 Å². The van der Waals surface area contributed by atoms with Crippen molar-refractivity contribution < 1.29 is 22.7 Å². The molecular weight excluding hydrogens is 476 g/mol. The van der Waals surface area contributed by atoms with Crippen LogP contribution < -0.4 is 14.2 Å². The lowest BCUT2D eigenvalue weighted by molar-refractivity contribution is -0.125. The number of carbonyl (C=O) groups is 1. The monoisotopic (exact) mass is 504 g/mol. The number of piperidine rings is 1. The number of sulfonamides is 1. The maximum absolute atomic E-state index is 13.3. The molecule has 2 aromatic carbocycles. The smallest absolute Gasteiger partial charge is 0.265 e. The Bertz CT molecular complexity index is 1230. The van der Waals surface area contributed by atoms with Crippen LogP contribution in [0.1, 0.15) is 43.2 Å². The summed E-state index contributed by atoms with van der Waals surface area (Å²) in [5, 5.41) is 0.382. The molecule has 2 aromatic rings. The Morgan fingerprint density at radius 2 is 1.85 bits per heavy atom. The molecule has 2 aliphatic carbocycles. The highest BCUT2D eigenvalue weighted by Gasteiger charge is 2.51. The van der Waals surface area contributed by atoms with Crippen molar-refractivity contribution in [1.82, 2.24) is 4.90 Å². The number of hydrogen-bond acceptors (Lipinski definition) is 6. The number of nitrogens with zero attached hydrogens (tertiary/aromatic N) is 1. The van der Waals surface area contributed by atoms with Gasteiger partial charge in [0.1, 0.15) is 28.3 Å². The molecular formula is C25H29ClN2O5S. The Labute approximate surface area is 205 Å². The standard InChI is InChI=1S/C25H29ClN2O5S/c1-28-10-6-18(7-11-28)33-21-14-17(13-20-19(21)15-24(29)25(20)8-3-9-25)27-34(30,31)23-5-4-16(26)12-22(23)32-2/h4-5,12-14,18,27H,3,6-11,15H2,1-2H3. The van der Waals surface area contributed by atoms with Crippen molar-refractivity contribution in [3.8, 4) is 11.5 Å². The van der Waals surface area contributed by atoms with Gasteiger partial charge in [0.05, 0.1) is 18.2 Å². The van der Waals surface area contributed by atoms with E-state index in [0.717, 1.165) is 56.3 Å². The van der Waals surface area contributed by atoms with E-state index < -0.39 is 15.4 Å². The number of fused-ring (bicyclic) bond motifs is 2. The summed E-state index contributed by atoms with van der Waals surface area (Å²) >= 11 is 6.01. The third-order valence-corrected chi connectivity index (χ3v) is 9.09. The lowest BCUT2D eigenvalue weighted by Gasteiger charge is -2.38. The van der Waals surface area contributed by atoms with Crippen LogP contribution in [0.4, 0.5) is 5.69 Å². The number of nitrogens with one attached hydrogen (secondary N) is 1. The number of halogens is 1. The molecule has 0 aromatic heterocycles. The van der Waals surface area contributed by atoms with Gasteiger partial charge in [0.15, 0.2) is 0 Å². The largest absolute Gasteiger partial charge is 0.495 e. The van der Waals surface area contributed by atoms with E-state index in [2.05, 4.69) is 16.7 Å². The molecule has 1 saturated heterocycles. The minimum atomic E-state index is -3.97. The number of carbonyl (C=O) groups excluding carboxylic acids is 1. The summed E-state index contributed by atoms with van der Waals surface area (Å²) in [4.78, 5) is 15.3. The lowest BCUT2D eigenvalue weighted by Crippen LogP contribution is -2.39. The minimum Gasteiger partial charge on any atom is -0.495 e. The zero-order chi connectivity index (χ0) is 24.1. The topological polar surface area (TPSA) is 84.9 Å². The van der Waals surface area contributed by atoms with Crippen LogP contribution in [0.5, 0.6) is 11.5 Å². The van der Waals surface area contributed by atoms with Gasteiger partial charge in [0.25, 0.3) is 10.0 Å². The molecule has 7 nitrogen and oxygen atoms in total. The second-order valence-electron chi connectivity index (χ2n) is 9.56. The van der Waals surface area contributed by atoms with Gasteiger partial charge in [-0.2, -0.15) is 0 Å². The van der Waals surface area contributed by atoms with Crippen molar-refractivity contribution >= 4 is 33.1 Å². The van der Waals surface area contributed by atoms with E-state index in [9.17, 15) is 13.2 Å². The molecule has 182 valence electrons. The van der Waals surface area contributed by atoms with Gasteiger partial charge in [0, 0.05) is 42.2 Å². The van der Waals surface area contributed by atoms with Crippen LogP contribution in [0.15, 0.2) is 35.2 Å². The Morgan fingerprint density at radius 3 is 2.50 bits per heavy atom. The van der Waals surface area contributed by atoms with Gasteiger partial charge in [-0.15, -0.1) is 0 Å². The summed E-state index contributed by atoms with van der Waals surface area (Å²) < 4.78 is 41.0. The van der Waals surface area contributed by atoms with Crippen molar-refractivity contribution in [1.29, 1.82) is 0 Å². The Balaban J connectivity index is 1.52. The maximum atomic E-state index is 13.3. The number of benzene rings is 2. The molecule has 1 saturated carbocycles. The fraction of sp³-hybridized carbons (Fsp3) is 0.480. The number of hydrogen-bond donors (Lipinski definition) is 1. The number of likely N-dealkylation sites (tertiary alicyclic amines) is 1. The van der Waals surface area contributed by atoms with Gasteiger partial charge in [-0.3, -0.25) is 9.52 Å². The quantitative estimate of drug-likeness (QED) is 0.635. The van der Waals surface area contributed by atoms with E-state index in [-0.39, 0.29) is 22.5 Å². The van der Waals surface area contributed by atoms with Crippen LogP contribution in [0.3, 0.4) is 0 Å². The number of ether oxygens (including phenoxy) is 2. The first kappa shape index (κ1) is 23.5. The number of anilines is 1. The predicted molar refractivity (Wildman–Crippen MR) is 131 cm³/mol. The van der Waals surface area contributed by atoms with Crippen molar-refractivity contribution in [2.24, 2.45) is 0 Å². The van der Waals surface area contributed by atoms with Gasteiger partial charge in [0.2, 0.25) is 0 Å². The van der Waals surface area contributed by atoms with Crippen LogP contribution in [-0.2, 0) is 26.7 Å². The molecule has 3 aliphatic rings. The van der Waals surface area contributed by atoms with Crippen LogP contribution in [0, 0.1) is 0 Å². The molecule has 0 unspecified atom stereocenters. The third-order valence-electron chi connectivity index (χ3n) is 7.43. The molecule has 1 N–H and O–H groups in total. The Morgan fingerprint density at radius 1 is 1.12 bits per heavy atom. The highest BCUT2D eigenvalue weighted by atomic mass is 35.5. The number of ketones is 1. The van der Waals surface area contributed by atoms with Crippen LogP contribution in [0.2, 0.25) is 5.02 Å². The number of rotatable bonds is 6. The highest BCUT2D eigenvalue weighted by Crippen LogP contribution is 2.53.